The maximum Gasteiger partial charge on any atom is 0.255 e. The van der Waals surface area contributed by atoms with Crippen LogP contribution in [0.1, 0.15) is 21.5 Å². The van der Waals surface area contributed by atoms with Gasteiger partial charge in [-0.15, -0.1) is 0 Å². The minimum absolute atomic E-state index is 0.0968. The zero-order valence-corrected chi connectivity index (χ0v) is 11.4. The first-order valence-corrected chi connectivity index (χ1v) is 6.19. The van der Waals surface area contributed by atoms with Crippen molar-refractivity contribution in [1.29, 1.82) is 5.26 Å². The van der Waals surface area contributed by atoms with E-state index in [-0.39, 0.29) is 11.7 Å². The van der Waals surface area contributed by atoms with E-state index in [1.807, 2.05) is 6.07 Å². The molecule has 4 nitrogen and oxygen atoms in total. The van der Waals surface area contributed by atoms with Gasteiger partial charge in [0.1, 0.15) is 11.8 Å². The third kappa shape index (κ3) is 2.90. The van der Waals surface area contributed by atoms with Gasteiger partial charge >= 0.3 is 0 Å². The molecule has 2 aromatic carbocycles. The van der Waals surface area contributed by atoms with Crippen LogP contribution in [0.15, 0.2) is 36.4 Å². The second-order valence-corrected chi connectivity index (χ2v) is 4.69. The largest absolute Gasteiger partial charge is 0.508 e. The van der Waals surface area contributed by atoms with Crippen molar-refractivity contribution < 1.29 is 9.90 Å². The number of nitrogens with zero attached hydrogens (tertiary/aromatic N) is 1. The first-order valence-electron chi connectivity index (χ1n) is 5.82. The van der Waals surface area contributed by atoms with Gasteiger partial charge in [0.05, 0.1) is 11.3 Å². The first kappa shape index (κ1) is 13.9. The second-order valence-electron chi connectivity index (χ2n) is 4.26. The zero-order chi connectivity index (χ0) is 14.7. The fourth-order valence-corrected chi connectivity index (χ4v) is 1.98. The van der Waals surface area contributed by atoms with E-state index >= 15 is 0 Å². The highest BCUT2D eigenvalue weighted by Gasteiger charge is 2.12. The third-order valence-corrected chi connectivity index (χ3v) is 3.04. The molecule has 0 fully saturated rings. The van der Waals surface area contributed by atoms with Crippen LogP contribution >= 0.6 is 11.6 Å². The number of anilines is 1. The highest BCUT2D eigenvalue weighted by Crippen LogP contribution is 2.22. The number of benzene rings is 2. The van der Waals surface area contributed by atoms with Crippen LogP contribution in [0.3, 0.4) is 0 Å². The number of nitriles is 1. The summed E-state index contributed by atoms with van der Waals surface area (Å²) in [6.45, 7) is 1.72. The number of hydrogen-bond donors (Lipinski definition) is 2. The topological polar surface area (TPSA) is 73.1 Å². The number of aromatic hydroxyl groups is 1. The number of nitrogens with one attached hydrogen (secondary N) is 1. The Labute approximate surface area is 121 Å². The summed E-state index contributed by atoms with van der Waals surface area (Å²) in [5.74, 6) is -0.263. The Bertz CT molecular complexity index is 720. The summed E-state index contributed by atoms with van der Waals surface area (Å²) in [6, 6.07) is 11.1. The molecule has 2 rings (SSSR count). The lowest BCUT2D eigenvalue weighted by Gasteiger charge is -2.09. The first-order chi connectivity index (χ1) is 9.51. The normalized spacial score (nSPS) is 9.85. The van der Waals surface area contributed by atoms with E-state index in [4.69, 9.17) is 16.9 Å². The van der Waals surface area contributed by atoms with Crippen LogP contribution in [0, 0.1) is 18.3 Å². The van der Waals surface area contributed by atoms with Crippen LogP contribution in [0.25, 0.3) is 0 Å². The van der Waals surface area contributed by atoms with E-state index in [9.17, 15) is 9.90 Å². The summed E-state index contributed by atoms with van der Waals surface area (Å²) in [6.07, 6.45) is 0. The number of carbonyl (C=O) groups is 1. The highest BCUT2D eigenvalue weighted by molar-refractivity contribution is 6.31. The Morgan fingerprint density at radius 3 is 2.70 bits per heavy atom. The maximum absolute atomic E-state index is 12.2. The van der Waals surface area contributed by atoms with Gasteiger partial charge in [0.2, 0.25) is 0 Å². The molecule has 0 bridgehead atoms. The number of amides is 1. The van der Waals surface area contributed by atoms with Crippen LogP contribution in [0.2, 0.25) is 5.02 Å². The van der Waals surface area contributed by atoms with Crippen LogP contribution in [-0.4, -0.2) is 11.0 Å². The van der Waals surface area contributed by atoms with Gasteiger partial charge in [-0.1, -0.05) is 11.6 Å². The Balaban J connectivity index is 2.33. The molecule has 20 heavy (non-hydrogen) atoms. The maximum atomic E-state index is 12.2. The molecule has 2 aromatic rings. The van der Waals surface area contributed by atoms with Crippen molar-refractivity contribution in [3.8, 4) is 11.8 Å². The van der Waals surface area contributed by atoms with E-state index < -0.39 is 0 Å². The fraction of sp³-hybridized carbons (Fsp3) is 0.0667. The minimum atomic E-state index is -0.360. The lowest BCUT2D eigenvalue weighted by atomic mass is 10.1. The molecule has 5 heteroatoms. The highest BCUT2D eigenvalue weighted by atomic mass is 35.5. The molecule has 0 radical (unpaired) electrons. The van der Waals surface area contributed by atoms with Gasteiger partial charge < -0.3 is 10.4 Å². The van der Waals surface area contributed by atoms with Crippen LogP contribution < -0.4 is 5.32 Å². The Hall–Kier alpha value is -2.51. The Kier molecular flexibility index (Phi) is 3.92. The summed E-state index contributed by atoms with van der Waals surface area (Å²) in [4.78, 5) is 12.2. The molecule has 2 N–H and O–H groups in total. The van der Waals surface area contributed by atoms with Crippen molar-refractivity contribution in [3.05, 3.63) is 58.1 Å². The molecule has 0 saturated heterocycles. The molecule has 0 aliphatic heterocycles. The summed E-state index contributed by atoms with van der Waals surface area (Å²) >= 11 is 5.86. The lowest BCUT2D eigenvalue weighted by Crippen LogP contribution is -2.14. The molecule has 0 atom stereocenters. The van der Waals surface area contributed by atoms with Crippen LogP contribution in [0.5, 0.6) is 5.75 Å². The van der Waals surface area contributed by atoms with Crippen LogP contribution in [0.4, 0.5) is 5.69 Å². The van der Waals surface area contributed by atoms with E-state index in [0.717, 1.165) is 0 Å². The standard InChI is InChI=1S/C15H11ClN2O2/c1-9-6-12(19)4-5-13(9)15(20)18-14-7-11(16)3-2-10(14)8-17/h2-7,19H,1H3,(H,18,20). The molecule has 0 unspecified atom stereocenters. The molecular weight excluding hydrogens is 276 g/mol. The van der Waals surface area contributed by atoms with Crippen molar-refractivity contribution in [3.63, 3.8) is 0 Å². The summed E-state index contributed by atoms with van der Waals surface area (Å²) in [7, 11) is 0. The Morgan fingerprint density at radius 1 is 1.30 bits per heavy atom. The number of rotatable bonds is 2. The molecular formula is C15H11ClN2O2. The summed E-state index contributed by atoms with van der Waals surface area (Å²) in [5.41, 5.74) is 1.76. The van der Waals surface area contributed by atoms with Gasteiger partial charge in [0.15, 0.2) is 0 Å². The molecule has 0 saturated carbocycles. The number of carbonyl (C=O) groups excluding carboxylic acids is 1. The van der Waals surface area contributed by atoms with E-state index in [0.29, 0.717) is 27.4 Å². The average molecular weight is 287 g/mol. The number of phenolic OH excluding ortho intramolecular Hbond substituents is 1. The van der Waals surface area contributed by atoms with Gasteiger partial charge in [-0.05, 0) is 48.9 Å². The lowest BCUT2D eigenvalue weighted by molar-refractivity contribution is 0.102. The quantitative estimate of drug-likeness (QED) is 0.887. The van der Waals surface area contributed by atoms with E-state index in [2.05, 4.69) is 5.32 Å². The minimum Gasteiger partial charge on any atom is -0.508 e. The van der Waals surface area contributed by atoms with Gasteiger partial charge in [0.25, 0.3) is 5.91 Å². The molecule has 0 aromatic heterocycles. The summed E-state index contributed by atoms with van der Waals surface area (Å²) < 4.78 is 0. The van der Waals surface area contributed by atoms with Crippen molar-refractivity contribution in [1.82, 2.24) is 0 Å². The summed E-state index contributed by atoms with van der Waals surface area (Å²) in [5, 5.41) is 21.4. The third-order valence-electron chi connectivity index (χ3n) is 2.80. The van der Waals surface area contributed by atoms with Gasteiger partial charge in [-0.2, -0.15) is 5.26 Å². The van der Waals surface area contributed by atoms with Gasteiger partial charge in [-0.25, -0.2) is 0 Å². The van der Waals surface area contributed by atoms with E-state index in [1.54, 1.807) is 19.1 Å². The molecule has 0 spiro atoms. The molecule has 0 heterocycles. The fourth-order valence-electron chi connectivity index (χ4n) is 1.81. The molecule has 100 valence electrons. The monoisotopic (exact) mass is 286 g/mol. The van der Waals surface area contributed by atoms with Crippen molar-refractivity contribution in [2.75, 3.05) is 5.32 Å². The number of hydrogen-bond acceptors (Lipinski definition) is 3. The zero-order valence-electron chi connectivity index (χ0n) is 10.6. The predicted molar refractivity (Wildman–Crippen MR) is 77.0 cm³/mol. The van der Waals surface area contributed by atoms with Crippen molar-refractivity contribution in [2.45, 2.75) is 6.92 Å². The SMILES string of the molecule is Cc1cc(O)ccc1C(=O)Nc1cc(Cl)ccc1C#N. The second kappa shape index (κ2) is 5.64. The Morgan fingerprint density at radius 2 is 2.05 bits per heavy atom. The van der Waals surface area contributed by atoms with Gasteiger partial charge in [0, 0.05) is 10.6 Å². The smallest absolute Gasteiger partial charge is 0.255 e. The van der Waals surface area contributed by atoms with Crippen LogP contribution in [-0.2, 0) is 0 Å². The van der Waals surface area contributed by atoms with Crippen molar-refractivity contribution in [2.24, 2.45) is 0 Å². The molecule has 0 aliphatic carbocycles. The molecule has 1 amide bonds. The predicted octanol–water partition coefficient (Wildman–Crippen LogP) is 3.48. The molecule has 0 aliphatic rings. The number of halogens is 1. The number of aryl methyl sites for hydroxylation is 1. The average Bonchev–Trinajstić information content (AvgIpc) is 2.38. The van der Waals surface area contributed by atoms with Gasteiger partial charge in [-0.3, -0.25) is 4.79 Å². The number of phenols is 1. The van der Waals surface area contributed by atoms with Crippen molar-refractivity contribution >= 4 is 23.2 Å². The van der Waals surface area contributed by atoms with E-state index in [1.165, 1.54) is 24.3 Å².